The molecule has 0 amide bonds. The van der Waals surface area contributed by atoms with Gasteiger partial charge in [0.25, 0.3) is 0 Å². The second-order valence-electron chi connectivity index (χ2n) is 4.67. The van der Waals surface area contributed by atoms with Crippen molar-refractivity contribution in [1.82, 2.24) is 15.0 Å². The Hall–Kier alpha value is -1.40. The fourth-order valence-corrected chi connectivity index (χ4v) is 2.78. The van der Waals surface area contributed by atoms with Crippen LogP contribution in [0.4, 0.5) is 13.2 Å². The molecule has 2 aromatic rings. The van der Waals surface area contributed by atoms with Gasteiger partial charge in [-0.15, -0.1) is 0 Å². The summed E-state index contributed by atoms with van der Waals surface area (Å²) in [5, 5.41) is 0.157. The Morgan fingerprint density at radius 1 is 1.10 bits per heavy atom. The van der Waals surface area contributed by atoms with Gasteiger partial charge in [0.05, 0.1) is 10.6 Å². The number of pyridine rings is 1. The first-order valence-electron chi connectivity index (χ1n) is 6.14. The van der Waals surface area contributed by atoms with Crippen LogP contribution >= 0.6 is 23.2 Å². The number of nitrogens with zero attached hydrogens (tertiary/aromatic N) is 3. The van der Waals surface area contributed by atoms with Crippen molar-refractivity contribution in [2.75, 3.05) is 0 Å². The van der Waals surface area contributed by atoms with Gasteiger partial charge in [-0.25, -0.2) is 9.97 Å². The van der Waals surface area contributed by atoms with E-state index in [0.717, 1.165) is 36.6 Å². The number of rotatable bonds is 1. The Balaban J connectivity index is 2.07. The molecule has 3 nitrogen and oxygen atoms in total. The van der Waals surface area contributed by atoms with Crippen LogP contribution in [-0.4, -0.2) is 15.0 Å². The molecule has 0 fully saturated rings. The van der Waals surface area contributed by atoms with Crippen LogP contribution in [0.2, 0.25) is 10.2 Å². The Morgan fingerprint density at radius 2 is 1.86 bits per heavy atom. The van der Waals surface area contributed by atoms with Crippen molar-refractivity contribution < 1.29 is 13.2 Å². The monoisotopic (exact) mass is 333 g/mol. The van der Waals surface area contributed by atoms with Gasteiger partial charge in [0.15, 0.2) is 5.82 Å². The third-order valence-electron chi connectivity index (χ3n) is 3.26. The molecule has 0 saturated carbocycles. The Labute approximate surface area is 128 Å². The quantitative estimate of drug-likeness (QED) is 0.728. The molecule has 0 aromatic carbocycles. The van der Waals surface area contributed by atoms with Crippen LogP contribution in [0.3, 0.4) is 0 Å². The zero-order valence-electron chi connectivity index (χ0n) is 10.5. The molecule has 0 saturated heterocycles. The smallest absolute Gasteiger partial charge is 0.251 e. The molecule has 0 N–H and O–H groups in total. The predicted octanol–water partition coefficient (Wildman–Crippen LogP) is 4.35. The van der Waals surface area contributed by atoms with E-state index in [1.165, 1.54) is 0 Å². The van der Waals surface area contributed by atoms with Crippen molar-refractivity contribution in [1.29, 1.82) is 0 Å². The summed E-state index contributed by atoms with van der Waals surface area (Å²) in [5.74, 6) is 0.152. The minimum Gasteiger partial charge on any atom is -0.251 e. The average Bonchev–Trinajstić information content (AvgIpc) is 2.86. The number of aryl methyl sites for hydroxylation is 1. The highest BCUT2D eigenvalue weighted by Crippen LogP contribution is 2.34. The van der Waals surface area contributed by atoms with Crippen LogP contribution in [0.15, 0.2) is 12.3 Å². The fourth-order valence-electron chi connectivity index (χ4n) is 2.25. The van der Waals surface area contributed by atoms with E-state index >= 15 is 0 Å². The van der Waals surface area contributed by atoms with Crippen molar-refractivity contribution in [2.45, 2.75) is 25.4 Å². The number of aromatic nitrogens is 3. The lowest BCUT2D eigenvalue weighted by Gasteiger charge is -2.09. The van der Waals surface area contributed by atoms with Gasteiger partial charge in [-0.1, -0.05) is 23.2 Å². The Bertz CT molecular complexity index is 717. The third kappa shape index (κ3) is 2.70. The standard InChI is InChI=1S/C13H8Cl2F3N3/c14-8-4-6(13(16,17)18)5-19-10(8)12-20-9-3-1-2-7(9)11(15)21-12/h4-5H,1-3H2. The lowest BCUT2D eigenvalue weighted by molar-refractivity contribution is -0.137. The van der Waals surface area contributed by atoms with Gasteiger partial charge in [0.2, 0.25) is 0 Å². The first kappa shape index (κ1) is 14.5. The zero-order valence-corrected chi connectivity index (χ0v) is 12.0. The first-order valence-corrected chi connectivity index (χ1v) is 6.90. The summed E-state index contributed by atoms with van der Waals surface area (Å²) in [6.07, 6.45) is -1.27. The molecule has 0 unspecified atom stereocenters. The van der Waals surface area contributed by atoms with Crippen molar-refractivity contribution in [3.63, 3.8) is 0 Å². The minimum absolute atomic E-state index is 0.0984. The van der Waals surface area contributed by atoms with Gasteiger partial charge in [0, 0.05) is 17.5 Å². The van der Waals surface area contributed by atoms with Crippen molar-refractivity contribution in [3.8, 4) is 11.5 Å². The molecule has 1 aliphatic carbocycles. The largest absolute Gasteiger partial charge is 0.417 e. The summed E-state index contributed by atoms with van der Waals surface area (Å²) in [5.41, 5.74) is 0.885. The molecule has 8 heteroatoms. The van der Waals surface area contributed by atoms with E-state index in [0.29, 0.717) is 11.3 Å². The fraction of sp³-hybridized carbons (Fsp3) is 0.308. The van der Waals surface area contributed by atoms with Crippen LogP contribution in [-0.2, 0) is 19.0 Å². The summed E-state index contributed by atoms with van der Waals surface area (Å²) < 4.78 is 37.8. The predicted molar refractivity (Wildman–Crippen MR) is 72.3 cm³/mol. The maximum atomic E-state index is 12.6. The summed E-state index contributed by atoms with van der Waals surface area (Å²) in [4.78, 5) is 12.2. The second-order valence-corrected chi connectivity index (χ2v) is 5.43. The van der Waals surface area contributed by atoms with Crippen LogP contribution in [0.1, 0.15) is 23.2 Å². The van der Waals surface area contributed by atoms with Crippen LogP contribution < -0.4 is 0 Å². The third-order valence-corrected chi connectivity index (χ3v) is 3.86. The highest BCUT2D eigenvalue weighted by molar-refractivity contribution is 6.33. The number of alkyl halides is 3. The molecule has 110 valence electrons. The topological polar surface area (TPSA) is 38.7 Å². The van der Waals surface area contributed by atoms with Gasteiger partial charge in [-0.3, -0.25) is 4.98 Å². The Morgan fingerprint density at radius 3 is 2.52 bits per heavy atom. The van der Waals surface area contributed by atoms with E-state index in [2.05, 4.69) is 15.0 Å². The zero-order chi connectivity index (χ0) is 15.2. The van der Waals surface area contributed by atoms with Gasteiger partial charge >= 0.3 is 6.18 Å². The minimum atomic E-state index is -4.49. The molecule has 0 bridgehead atoms. The van der Waals surface area contributed by atoms with Crippen molar-refractivity contribution in [2.24, 2.45) is 0 Å². The molecule has 0 aliphatic heterocycles. The van der Waals surface area contributed by atoms with Crippen LogP contribution in [0, 0.1) is 0 Å². The molecule has 2 aromatic heterocycles. The second kappa shape index (κ2) is 5.10. The van der Waals surface area contributed by atoms with E-state index in [-0.39, 0.29) is 16.5 Å². The van der Waals surface area contributed by atoms with E-state index in [1.807, 2.05) is 0 Å². The average molecular weight is 334 g/mol. The van der Waals surface area contributed by atoms with Crippen molar-refractivity contribution >= 4 is 23.2 Å². The maximum Gasteiger partial charge on any atom is 0.417 e. The van der Waals surface area contributed by atoms with Crippen LogP contribution in [0.5, 0.6) is 0 Å². The van der Waals surface area contributed by atoms with E-state index < -0.39 is 11.7 Å². The van der Waals surface area contributed by atoms with E-state index in [1.54, 1.807) is 0 Å². The van der Waals surface area contributed by atoms with Gasteiger partial charge in [-0.2, -0.15) is 13.2 Å². The highest BCUT2D eigenvalue weighted by atomic mass is 35.5. The molecule has 0 radical (unpaired) electrons. The molecule has 0 atom stereocenters. The van der Waals surface area contributed by atoms with Gasteiger partial charge in [-0.05, 0) is 25.3 Å². The summed E-state index contributed by atoms with van der Waals surface area (Å²) in [6, 6.07) is 0.814. The lowest BCUT2D eigenvalue weighted by Crippen LogP contribution is -2.06. The first-order chi connectivity index (χ1) is 9.86. The molecule has 3 rings (SSSR count). The maximum absolute atomic E-state index is 12.6. The van der Waals surface area contributed by atoms with E-state index in [4.69, 9.17) is 23.2 Å². The molecule has 2 heterocycles. The Kier molecular flexibility index (Phi) is 3.53. The van der Waals surface area contributed by atoms with E-state index in [9.17, 15) is 13.2 Å². The summed E-state index contributed by atoms with van der Waals surface area (Å²) in [6.45, 7) is 0. The number of hydrogen-bond donors (Lipinski definition) is 0. The number of halogens is 5. The molecule has 0 spiro atoms. The molecular formula is C13H8Cl2F3N3. The normalized spacial score (nSPS) is 14.3. The SMILES string of the molecule is FC(F)(F)c1cnc(-c2nc(Cl)c3c(n2)CCC3)c(Cl)c1. The summed E-state index contributed by atoms with van der Waals surface area (Å²) >= 11 is 12.0. The van der Waals surface area contributed by atoms with Gasteiger partial charge < -0.3 is 0 Å². The number of hydrogen-bond acceptors (Lipinski definition) is 3. The molecule has 1 aliphatic rings. The highest BCUT2D eigenvalue weighted by Gasteiger charge is 2.32. The van der Waals surface area contributed by atoms with Crippen molar-refractivity contribution in [3.05, 3.63) is 39.3 Å². The van der Waals surface area contributed by atoms with Gasteiger partial charge in [0.1, 0.15) is 10.8 Å². The van der Waals surface area contributed by atoms with Crippen LogP contribution in [0.25, 0.3) is 11.5 Å². The molecule has 21 heavy (non-hydrogen) atoms. The summed E-state index contributed by atoms with van der Waals surface area (Å²) in [7, 11) is 0. The molecular weight excluding hydrogens is 326 g/mol. The number of fused-ring (bicyclic) bond motifs is 1. The lowest BCUT2D eigenvalue weighted by atomic mass is 10.2.